The van der Waals surface area contributed by atoms with Gasteiger partial charge in [-0.15, -0.1) is 0 Å². The molecule has 0 heterocycles. The maximum atomic E-state index is 3.37. The van der Waals surface area contributed by atoms with E-state index in [1.54, 1.807) is 5.56 Å². The average Bonchev–Trinajstić information content (AvgIpc) is 2.20. The molecule has 1 heteroatoms. The zero-order valence-corrected chi connectivity index (χ0v) is 10.8. The molecule has 1 nitrogen and oxygen atoms in total. The second-order valence-electron chi connectivity index (χ2n) is 5.43. The summed E-state index contributed by atoms with van der Waals surface area (Å²) in [7, 11) is 2.07. The summed E-state index contributed by atoms with van der Waals surface area (Å²) in [5.74, 6) is 0. The van der Waals surface area contributed by atoms with E-state index in [4.69, 9.17) is 0 Å². The Morgan fingerprint density at radius 2 is 1.81 bits per heavy atom. The molecular weight excluding hydrogens is 194 g/mol. The maximum Gasteiger partial charge on any atom is 0.000800 e. The first-order valence-corrected chi connectivity index (χ1v) is 6.37. The van der Waals surface area contributed by atoms with E-state index in [9.17, 15) is 0 Å². The quantitative estimate of drug-likeness (QED) is 0.816. The number of aryl methyl sites for hydroxylation is 2. The fourth-order valence-corrected chi connectivity index (χ4v) is 2.97. The van der Waals surface area contributed by atoms with Crippen LogP contribution in [0, 0.1) is 19.3 Å². The predicted molar refractivity (Wildman–Crippen MR) is 69.8 cm³/mol. The lowest BCUT2D eigenvalue weighted by molar-refractivity contribution is 0.133. The summed E-state index contributed by atoms with van der Waals surface area (Å²) < 4.78 is 0. The third-order valence-corrected chi connectivity index (χ3v) is 4.16. The Kier molecular flexibility index (Phi) is 3.34. The van der Waals surface area contributed by atoms with Crippen molar-refractivity contribution in [1.29, 1.82) is 0 Å². The van der Waals surface area contributed by atoms with E-state index in [0.29, 0.717) is 5.41 Å². The van der Waals surface area contributed by atoms with Gasteiger partial charge in [-0.25, -0.2) is 0 Å². The zero-order chi connectivity index (χ0) is 11.6. The van der Waals surface area contributed by atoms with Gasteiger partial charge in [0.2, 0.25) is 0 Å². The third kappa shape index (κ3) is 2.15. The molecular formula is C15H23N. The Hall–Kier alpha value is -0.820. The first kappa shape index (κ1) is 11.7. The number of benzene rings is 1. The minimum absolute atomic E-state index is 0.547. The molecule has 2 rings (SSSR count). The molecule has 0 aromatic heterocycles. The summed E-state index contributed by atoms with van der Waals surface area (Å²) in [6.07, 6.45) is 5.45. The van der Waals surface area contributed by atoms with Gasteiger partial charge < -0.3 is 5.32 Å². The maximum absolute atomic E-state index is 3.37. The Labute approximate surface area is 99.3 Å². The van der Waals surface area contributed by atoms with Gasteiger partial charge in [0, 0.05) is 6.54 Å². The van der Waals surface area contributed by atoms with Crippen LogP contribution in [0.3, 0.4) is 0 Å². The van der Waals surface area contributed by atoms with Gasteiger partial charge in [0.05, 0.1) is 0 Å². The van der Waals surface area contributed by atoms with Gasteiger partial charge in [-0.05, 0) is 62.3 Å². The Bertz CT molecular complexity index is 343. The Morgan fingerprint density at radius 1 is 1.19 bits per heavy atom. The fourth-order valence-electron chi connectivity index (χ4n) is 2.97. The molecule has 0 atom stereocenters. The van der Waals surface area contributed by atoms with Crippen LogP contribution in [0.4, 0.5) is 0 Å². The van der Waals surface area contributed by atoms with Crippen LogP contribution in [-0.4, -0.2) is 13.6 Å². The van der Waals surface area contributed by atoms with Crippen LogP contribution in [-0.2, 0) is 6.42 Å². The highest BCUT2D eigenvalue weighted by molar-refractivity contribution is 5.34. The van der Waals surface area contributed by atoms with Crippen LogP contribution in [0.25, 0.3) is 0 Å². The number of hydrogen-bond acceptors (Lipinski definition) is 1. The summed E-state index contributed by atoms with van der Waals surface area (Å²) in [5.41, 5.74) is 5.05. The van der Waals surface area contributed by atoms with Gasteiger partial charge in [0.25, 0.3) is 0 Å². The summed E-state index contributed by atoms with van der Waals surface area (Å²) in [4.78, 5) is 0. The van der Waals surface area contributed by atoms with Gasteiger partial charge in [0.15, 0.2) is 0 Å². The van der Waals surface area contributed by atoms with Gasteiger partial charge in [0.1, 0.15) is 0 Å². The van der Waals surface area contributed by atoms with Crippen LogP contribution < -0.4 is 5.32 Å². The van der Waals surface area contributed by atoms with Crippen LogP contribution in [0.5, 0.6) is 0 Å². The van der Waals surface area contributed by atoms with Crippen molar-refractivity contribution in [3.05, 3.63) is 34.9 Å². The smallest absolute Gasteiger partial charge is 0.000800 e. The lowest BCUT2D eigenvalue weighted by Gasteiger charge is -2.42. The molecule has 1 fully saturated rings. The van der Waals surface area contributed by atoms with Gasteiger partial charge in [-0.3, -0.25) is 0 Å². The molecule has 0 amide bonds. The SMILES string of the molecule is CNCC1(Cc2c(C)cccc2C)CCC1. The van der Waals surface area contributed by atoms with Gasteiger partial charge >= 0.3 is 0 Å². The van der Waals surface area contributed by atoms with Gasteiger partial charge in [-0.1, -0.05) is 24.6 Å². The first-order valence-electron chi connectivity index (χ1n) is 6.37. The highest BCUT2D eigenvalue weighted by Crippen LogP contribution is 2.44. The highest BCUT2D eigenvalue weighted by atomic mass is 14.8. The molecule has 1 aromatic carbocycles. The summed E-state index contributed by atoms with van der Waals surface area (Å²) in [6.45, 7) is 5.66. The van der Waals surface area contributed by atoms with Crippen molar-refractivity contribution in [1.82, 2.24) is 5.32 Å². The second kappa shape index (κ2) is 4.58. The van der Waals surface area contributed by atoms with Crippen LogP contribution in [0.2, 0.25) is 0 Å². The van der Waals surface area contributed by atoms with Crippen molar-refractivity contribution in [3.8, 4) is 0 Å². The van der Waals surface area contributed by atoms with E-state index < -0.39 is 0 Å². The summed E-state index contributed by atoms with van der Waals surface area (Å²) in [6, 6.07) is 6.65. The highest BCUT2D eigenvalue weighted by Gasteiger charge is 2.36. The summed E-state index contributed by atoms with van der Waals surface area (Å²) >= 11 is 0. The molecule has 0 radical (unpaired) electrons. The number of nitrogens with one attached hydrogen (secondary N) is 1. The standard InChI is InChI=1S/C15H23N/c1-12-6-4-7-13(2)14(12)10-15(11-16-3)8-5-9-15/h4,6-7,16H,5,8-11H2,1-3H3. The normalized spacial score (nSPS) is 18.2. The van der Waals surface area contributed by atoms with E-state index in [1.165, 1.54) is 43.4 Å². The second-order valence-corrected chi connectivity index (χ2v) is 5.43. The molecule has 1 aliphatic carbocycles. The third-order valence-electron chi connectivity index (χ3n) is 4.16. The molecule has 1 aliphatic rings. The van der Waals surface area contributed by atoms with Gasteiger partial charge in [-0.2, -0.15) is 0 Å². The molecule has 16 heavy (non-hydrogen) atoms. The van der Waals surface area contributed by atoms with E-state index in [-0.39, 0.29) is 0 Å². The minimum atomic E-state index is 0.547. The number of rotatable bonds is 4. The van der Waals surface area contributed by atoms with Crippen molar-refractivity contribution in [2.45, 2.75) is 39.5 Å². The van der Waals surface area contributed by atoms with Crippen molar-refractivity contribution >= 4 is 0 Å². The molecule has 0 spiro atoms. The fraction of sp³-hybridized carbons (Fsp3) is 0.600. The minimum Gasteiger partial charge on any atom is -0.319 e. The van der Waals surface area contributed by atoms with Crippen LogP contribution in [0.15, 0.2) is 18.2 Å². The van der Waals surface area contributed by atoms with Crippen molar-refractivity contribution in [3.63, 3.8) is 0 Å². The van der Waals surface area contributed by atoms with E-state index >= 15 is 0 Å². The van der Waals surface area contributed by atoms with Crippen LogP contribution >= 0.6 is 0 Å². The predicted octanol–water partition coefficient (Wildman–Crippen LogP) is 3.24. The molecule has 1 aromatic rings. The Balaban J connectivity index is 2.19. The molecule has 1 N–H and O–H groups in total. The largest absolute Gasteiger partial charge is 0.319 e. The van der Waals surface area contributed by atoms with Crippen molar-refractivity contribution < 1.29 is 0 Å². The average molecular weight is 217 g/mol. The molecule has 0 unspecified atom stereocenters. The van der Waals surface area contributed by atoms with E-state index in [2.05, 4.69) is 44.4 Å². The Morgan fingerprint density at radius 3 is 2.25 bits per heavy atom. The van der Waals surface area contributed by atoms with E-state index in [0.717, 1.165) is 0 Å². The monoisotopic (exact) mass is 217 g/mol. The molecule has 1 saturated carbocycles. The lowest BCUT2D eigenvalue weighted by atomic mass is 9.64. The van der Waals surface area contributed by atoms with Crippen LogP contribution in [0.1, 0.15) is 36.0 Å². The molecule has 88 valence electrons. The van der Waals surface area contributed by atoms with Crippen molar-refractivity contribution in [2.24, 2.45) is 5.41 Å². The topological polar surface area (TPSA) is 12.0 Å². The zero-order valence-electron chi connectivity index (χ0n) is 10.8. The van der Waals surface area contributed by atoms with Crippen molar-refractivity contribution in [2.75, 3.05) is 13.6 Å². The molecule has 0 bridgehead atoms. The number of hydrogen-bond donors (Lipinski definition) is 1. The molecule has 0 saturated heterocycles. The van der Waals surface area contributed by atoms with E-state index in [1.807, 2.05) is 0 Å². The summed E-state index contributed by atoms with van der Waals surface area (Å²) in [5, 5.41) is 3.37. The lowest BCUT2D eigenvalue weighted by Crippen LogP contribution is -2.40. The molecule has 0 aliphatic heterocycles. The first-order chi connectivity index (χ1) is 7.67.